The van der Waals surface area contributed by atoms with Crippen molar-refractivity contribution >= 4 is 17.5 Å². The predicted molar refractivity (Wildman–Crippen MR) is 50.9 cm³/mol. The first-order chi connectivity index (χ1) is 4.45. The van der Waals surface area contributed by atoms with Crippen molar-refractivity contribution in [2.24, 2.45) is 5.40 Å². The van der Waals surface area contributed by atoms with Gasteiger partial charge >= 0.3 is 0 Å². The van der Waals surface area contributed by atoms with Crippen LogP contribution in [0.25, 0.3) is 0 Å². The Morgan fingerprint density at radius 1 is 1.40 bits per heavy atom. The fourth-order valence-electron chi connectivity index (χ4n) is 0.798. The Labute approximate surface area is 66.7 Å². The summed E-state index contributed by atoms with van der Waals surface area (Å²) in [7, 11) is -2.59. The van der Waals surface area contributed by atoms with Crippen LogP contribution in [0.15, 0.2) is 0 Å². The minimum absolute atomic E-state index is 1.12. The van der Waals surface area contributed by atoms with Crippen molar-refractivity contribution in [3.63, 3.8) is 0 Å². The van der Waals surface area contributed by atoms with Crippen molar-refractivity contribution in [1.29, 1.82) is 0 Å². The van der Waals surface area contributed by atoms with Crippen LogP contribution < -0.4 is 5.40 Å². The summed E-state index contributed by atoms with van der Waals surface area (Å²) in [4.78, 5) is 0. The van der Waals surface area contributed by atoms with Crippen molar-refractivity contribution in [2.45, 2.75) is 39.0 Å². The van der Waals surface area contributed by atoms with Crippen LogP contribution in [0.3, 0.4) is 0 Å². The molecule has 0 saturated heterocycles. The molecule has 2 nitrogen and oxygen atoms in total. The molecule has 0 aliphatic heterocycles. The van der Waals surface area contributed by atoms with E-state index in [4.69, 9.17) is 9.51 Å². The minimum atomic E-state index is -1.32. The molecule has 2 N–H and O–H groups in total. The summed E-state index contributed by atoms with van der Waals surface area (Å²) in [6.07, 6.45) is 1.16. The summed E-state index contributed by atoms with van der Waals surface area (Å²) < 4.78 is 5.73. The lowest BCUT2D eigenvalue weighted by atomic mass is 10.6. The highest BCUT2D eigenvalue weighted by Gasteiger charge is 2.18. The van der Waals surface area contributed by atoms with Crippen molar-refractivity contribution < 1.29 is 4.12 Å². The molecule has 0 aliphatic rings. The van der Waals surface area contributed by atoms with Gasteiger partial charge < -0.3 is 9.51 Å². The van der Waals surface area contributed by atoms with E-state index in [0.29, 0.717) is 0 Å². The largest absolute Gasteiger partial charge is 0.447 e. The van der Waals surface area contributed by atoms with Crippen LogP contribution in [-0.2, 0) is 4.12 Å². The fraction of sp³-hybridized carbons (Fsp3) is 1.00. The van der Waals surface area contributed by atoms with E-state index < -0.39 is 17.5 Å². The van der Waals surface area contributed by atoms with Crippen molar-refractivity contribution in [3.8, 4) is 0 Å². The summed E-state index contributed by atoms with van der Waals surface area (Å²) in [5.74, 6) is 0. The summed E-state index contributed by atoms with van der Waals surface area (Å²) in [6, 6.07) is 1.12. The lowest BCUT2D eigenvalue weighted by molar-refractivity contribution is 0.565. The van der Waals surface area contributed by atoms with Crippen LogP contribution in [0.5, 0.6) is 0 Å². The van der Waals surface area contributed by atoms with E-state index in [2.05, 4.69) is 26.6 Å². The average Bonchev–Trinajstić information content (AvgIpc) is 1.59. The second-order valence-corrected chi connectivity index (χ2v) is 10.4. The van der Waals surface area contributed by atoms with Gasteiger partial charge in [0.05, 0.1) is 0 Å². The molecule has 10 heavy (non-hydrogen) atoms. The maximum absolute atomic E-state index is 5.82. The Bertz CT molecular complexity index is 92.2. The molecule has 0 radical (unpaired) electrons. The Balaban J connectivity index is 3.47. The SMILES string of the molecule is CCC[SiH](N)O[Si](C)(C)C. The Morgan fingerprint density at radius 2 is 1.90 bits per heavy atom. The average molecular weight is 177 g/mol. The van der Waals surface area contributed by atoms with E-state index in [1.54, 1.807) is 0 Å². The topological polar surface area (TPSA) is 35.2 Å². The molecule has 0 amide bonds. The van der Waals surface area contributed by atoms with Gasteiger partial charge in [0.2, 0.25) is 9.20 Å². The molecule has 62 valence electrons. The van der Waals surface area contributed by atoms with Gasteiger partial charge in [0, 0.05) is 0 Å². The molecule has 0 aliphatic carbocycles. The standard InChI is InChI=1S/C6H19NOSi2/c1-5-6-9(7)8-10(2,3)4/h9H,5-7H2,1-4H3. The number of hydrogen-bond acceptors (Lipinski definition) is 2. The summed E-state index contributed by atoms with van der Waals surface area (Å²) in [5.41, 5.74) is 0. The molecule has 4 heteroatoms. The van der Waals surface area contributed by atoms with Gasteiger partial charge in [0.15, 0.2) is 8.32 Å². The summed E-state index contributed by atoms with van der Waals surface area (Å²) >= 11 is 0. The third kappa shape index (κ3) is 6.47. The number of rotatable bonds is 4. The molecule has 0 bridgehead atoms. The second kappa shape index (κ2) is 4.28. The van der Waals surface area contributed by atoms with Crippen LogP contribution in [0, 0.1) is 0 Å². The van der Waals surface area contributed by atoms with Gasteiger partial charge in [0.1, 0.15) is 0 Å². The zero-order chi connectivity index (χ0) is 8.20. The molecule has 0 aromatic heterocycles. The third-order valence-electron chi connectivity index (χ3n) is 1.08. The van der Waals surface area contributed by atoms with Gasteiger partial charge in [-0.3, -0.25) is 0 Å². The quantitative estimate of drug-likeness (QED) is 0.659. The van der Waals surface area contributed by atoms with E-state index in [-0.39, 0.29) is 0 Å². The smallest absolute Gasteiger partial charge is 0.238 e. The summed E-state index contributed by atoms with van der Waals surface area (Å²) in [6.45, 7) is 8.72. The molecule has 0 fully saturated rings. The van der Waals surface area contributed by atoms with Crippen molar-refractivity contribution in [1.82, 2.24) is 0 Å². The van der Waals surface area contributed by atoms with Crippen molar-refractivity contribution in [2.75, 3.05) is 0 Å². The monoisotopic (exact) mass is 177 g/mol. The third-order valence-corrected chi connectivity index (χ3v) is 6.26. The van der Waals surface area contributed by atoms with E-state index in [0.717, 1.165) is 12.5 Å². The van der Waals surface area contributed by atoms with E-state index in [1.807, 2.05) is 0 Å². The van der Waals surface area contributed by atoms with Crippen LogP contribution in [0.4, 0.5) is 0 Å². The molecule has 0 spiro atoms. The second-order valence-electron chi connectivity index (χ2n) is 3.56. The lowest BCUT2D eigenvalue weighted by Crippen LogP contribution is -2.40. The summed E-state index contributed by atoms with van der Waals surface area (Å²) in [5, 5.41) is 5.82. The Hall–Kier alpha value is 0.354. The predicted octanol–water partition coefficient (Wildman–Crippen LogP) is 1.43. The highest BCUT2D eigenvalue weighted by atomic mass is 28.4. The van der Waals surface area contributed by atoms with Crippen LogP contribution in [-0.4, -0.2) is 17.5 Å². The first kappa shape index (κ1) is 10.4. The molecule has 0 aromatic rings. The van der Waals surface area contributed by atoms with Gasteiger partial charge in [-0.1, -0.05) is 13.3 Å². The molecular weight excluding hydrogens is 158 g/mol. The van der Waals surface area contributed by atoms with Gasteiger partial charge in [-0.2, -0.15) is 0 Å². The van der Waals surface area contributed by atoms with Crippen LogP contribution in [0.2, 0.25) is 25.7 Å². The molecular formula is C6H19NOSi2. The number of hydrogen-bond donors (Lipinski definition) is 1. The van der Waals surface area contributed by atoms with Gasteiger partial charge in [-0.25, -0.2) is 0 Å². The molecule has 1 unspecified atom stereocenters. The molecule has 0 saturated carbocycles. The van der Waals surface area contributed by atoms with E-state index in [9.17, 15) is 0 Å². The molecule has 1 atom stereocenters. The maximum atomic E-state index is 5.82. The minimum Gasteiger partial charge on any atom is -0.447 e. The molecule has 0 heterocycles. The van der Waals surface area contributed by atoms with Crippen molar-refractivity contribution in [3.05, 3.63) is 0 Å². The van der Waals surface area contributed by atoms with Gasteiger partial charge in [-0.15, -0.1) is 0 Å². The van der Waals surface area contributed by atoms with Crippen LogP contribution in [0.1, 0.15) is 13.3 Å². The highest BCUT2D eigenvalue weighted by Crippen LogP contribution is 2.05. The van der Waals surface area contributed by atoms with Gasteiger partial charge in [0.25, 0.3) is 0 Å². The molecule has 0 aromatic carbocycles. The first-order valence-corrected chi connectivity index (χ1v) is 9.25. The molecule has 0 rings (SSSR count). The van der Waals surface area contributed by atoms with Crippen LogP contribution >= 0.6 is 0 Å². The fourth-order valence-corrected chi connectivity index (χ4v) is 5.47. The Kier molecular flexibility index (Phi) is 4.43. The Morgan fingerprint density at radius 3 is 2.20 bits per heavy atom. The highest BCUT2D eigenvalue weighted by molar-refractivity contribution is 6.76. The number of nitrogens with two attached hydrogens (primary N) is 1. The van der Waals surface area contributed by atoms with E-state index >= 15 is 0 Å². The zero-order valence-electron chi connectivity index (χ0n) is 7.48. The lowest BCUT2D eigenvalue weighted by Gasteiger charge is -2.21. The van der Waals surface area contributed by atoms with E-state index in [1.165, 1.54) is 0 Å². The zero-order valence-corrected chi connectivity index (χ0v) is 9.63. The maximum Gasteiger partial charge on any atom is 0.238 e. The van der Waals surface area contributed by atoms with Gasteiger partial charge in [-0.05, 0) is 25.7 Å². The normalized spacial score (nSPS) is 15.3. The first-order valence-electron chi connectivity index (χ1n) is 3.89.